The van der Waals surface area contributed by atoms with E-state index in [4.69, 9.17) is 5.73 Å². The van der Waals surface area contributed by atoms with Crippen LogP contribution in [0.25, 0.3) is 0 Å². The lowest BCUT2D eigenvalue weighted by molar-refractivity contribution is -0.124. The van der Waals surface area contributed by atoms with Crippen molar-refractivity contribution in [3.8, 4) is 0 Å². The molecule has 0 bridgehead atoms. The smallest absolute Gasteiger partial charge is 0.237 e. The molecule has 0 spiro atoms. The van der Waals surface area contributed by atoms with E-state index in [1.807, 2.05) is 18.5 Å². The first kappa shape index (κ1) is 14.1. The van der Waals surface area contributed by atoms with E-state index in [1.165, 1.54) is 0 Å². The maximum atomic E-state index is 11.7. The van der Waals surface area contributed by atoms with Crippen molar-refractivity contribution >= 4 is 5.91 Å². The van der Waals surface area contributed by atoms with Gasteiger partial charge in [0, 0.05) is 11.7 Å². The van der Waals surface area contributed by atoms with Crippen LogP contribution in [0.4, 0.5) is 0 Å². The molecule has 0 radical (unpaired) electrons. The molecule has 1 aromatic heterocycles. The molecule has 1 atom stereocenters. The quantitative estimate of drug-likeness (QED) is 0.841. The zero-order valence-corrected chi connectivity index (χ0v) is 12.1. The van der Waals surface area contributed by atoms with Crippen LogP contribution in [0.5, 0.6) is 0 Å². The van der Waals surface area contributed by atoms with Gasteiger partial charge in [0.2, 0.25) is 5.91 Å². The maximum Gasteiger partial charge on any atom is 0.237 e. The molecule has 0 saturated heterocycles. The first-order valence-corrected chi connectivity index (χ1v) is 7.01. The molecule has 1 aromatic rings. The topological polar surface area (TPSA) is 72.9 Å². The van der Waals surface area contributed by atoms with E-state index in [1.54, 1.807) is 0 Å². The summed E-state index contributed by atoms with van der Waals surface area (Å²) >= 11 is 0. The summed E-state index contributed by atoms with van der Waals surface area (Å²) in [5, 5.41) is 7.89. The van der Waals surface area contributed by atoms with Crippen LogP contribution in [0, 0.1) is 13.8 Å². The predicted molar refractivity (Wildman–Crippen MR) is 74.7 cm³/mol. The van der Waals surface area contributed by atoms with Gasteiger partial charge in [-0.15, -0.1) is 0 Å². The first-order valence-electron chi connectivity index (χ1n) is 7.01. The monoisotopic (exact) mass is 264 g/mol. The van der Waals surface area contributed by atoms with Gasteiger partial charge in [0.05, 0.1) is 17.8 Å². The minimum absolute atomic E-state index is 0.170. The van der Waals surface area contributed by atoms with E-state index in [9.17, 15) is 4.79 Å². The summed E-state index contributed by atoms with van der Waals surface area (Å²) in [5.41, 5.74) is 7.25. The average molecular weight is 264 g/mol. The van der Waals surface area contributed by atoms with Gasteiger partial charge in [-0.05, 0) is 39.7 Å². The highest BCUT2D eigenvalue weighted by Crippen LogP contribution is 2.29. The third-order valence-corrected chi connectivity index (χ3v) is 4.00. The number of hydrogen-bond donors (Lipinski definition) is 2. The highest BCUT2D eigenvalue weighted by atomic mass is 16.1. The van der Waals surface area contributed by atoms with Crippen molar-refractivity contribution in [3.63, 3.8) is 0 Å². The van der Waals surface area contributed by atoms with Crippen molar-refractivity contribution in [2.24, 2.45) is 5.73 Å². The van der Waals surface area contributed by atoms with Crippen LogP contribution >= 0.6 is 0 Å². The van der Waals surface area contributed by atoms with Gasteiger partial charge in [0.1, 0.15) is 0 Å². The molecule has 1 fully saturated rings. The third kappa shape index (κ3) is 2.97. The highest BCUT2D eigenvalue weighted by Gasteiger charge is 2.40. The minimum Gasteiger partial charge on any atom is -0.368 e. The molecule has 1 aliphatic carbocycles. The molecule has 3 N–H and O–H groups in total. The van der Waals surface area contributed by atoms with E-state index < -0.39 is 5.54 Å². The summed E-state index contributed by atoms with van der Waals surface area (Å²) in [5.74, 6) is -0.217. The number of hydrogen-bond acceptors (Lipinski definition) is 3. The number of carbonyl (C=O) groups excluding carboxylic acids is 1. The molecule has 2 rings (SSSR count). The number of aryl methyl sites for hydroxylation is 2. The number of primary amides is 1. The number of aromatic nitrogens is 2. The Bertz CT molecular complexity index is 460. The van der Waals surface area contributed by atoms with Crippen LogP contribution < -0.4 is 11.1 Å². The first-order chi connectivity index (χ1) is 8.93. The molecule has 1 amide bonds. The van der Waals surface area contributed by atoms with Crippen LogP contribution in [0.3, 0.4) is 0 Å². The molecule has 19 heavy (non-hydrogen) atoms. The maximum absolute atomic E-state index is 11.7. The van der Waals surface area contributed by atoms with Gasteiger partial charge in [0.25, 0.3) is 0 Å². The second-order valence-corrected chi connectivity index (χ2v) is 5.81. The molecule has 1 saturated carbocycles. The van der Waals surface area contributed by atoms with E-state index in [0.717, 1.165) is 43.6 Å². The number of rotatable bonds is 5. The largest absolute Gasteiger partial charge is 0.368 e. The van der Waals surface area contributed by atoms with E-state index >= 15 is 0 Å². The number of nitrogens with one attached hydrogen (secondary N) is 1. The molecule has 1 unspecified atom stereocenters. The summed E-state index contributed by atoms with van der Waals surface area (Å²) < 4.78 is 1.98. The average Bonchev–Trinajstić information content (AvgIpc) is 2.88. The van der Waals surface area contributed by atoms with Gasteiger partial charge < -0.3 is 5.73 Å². The lowest BCUT2D eigenvalue weighted by Crippen LogP contribution is -2.57. The zero-order valence-electron chi connectivity index (χ0n) is 12.1. The number of carbonyl (C=O) groups is 1. The van der Waals surface area contributed by atoms with Crippen molar-refractivity contribution in [1.29, 1.82) is 0 Å². The van der Waals surface area contributed by atoms with Crippen molar-refractivity contribution in [3.05, 3.63) is 17.5 Å². The van der Waals surface area contributed by atoms with Crippen LogP contribution in [0.1, 0.15) is 44.0 Å². The molecule has 5 heteroatoms. The van der Waals surface area contributed by atoms with Crippen LogP contribution in [-0.2, 0) is 11.3 Å². The normalized spacial score (nSPS) is 19.5. The number of nitrogens with two attached hydrogens (primary N) is 1. The second kappa shape index (κ2) is 5.33. The van der Waals surface area contributed by atoms with Crippen molar-refractivity contribution in [1.82, 2.24) is 15.1 Å². The summed E-state index contributed by atoms with van der Waals surface area (Å²) in [4.78, 5) is 11.7. The Morgan fingerprint density at radius 2 is 2.16 bits per heavy atom. The predicted octanol–water partition coefficient (Wildman–Crippen LogP) is 1.28. The Labute approximate surface area is 114 Å². The van der Waals surface area contributed by atoms with Crippen LogP contribution in [-0.4, -0.2) is 27.3 Å². The summed E-state index contributed by atoms with van der Waals surface area (Å²) in [6.45, 7) is 6.88. The summed E-state index contributed by atoms with van der Waals surface area (Å²) in [6, 6.07) is 2.23. The second-order valence-electron chi connectivity index (χ2n) is 5.81. The highest BCUT2D eigenvalue weighted by molar-refractivity contribution is 5.85. The van der Waals surface area contributed by atoms with Gasteiger partial charge in [-0.1, -0.05) is 12.8 Å². The molecule has 0 aliphatic heterocycles. The molecular weight excluding hydrogens is 240 g/mol. The van der Waals surface area contributed by atoms with E-state index in [0.29, 0.717) is 0 Å². The van der Waals surface area contributed by atoms with E-state index in [2.05, 4.69) is 23.4 Å². The molecule has 106 valence electrons. The Morgan fingerprint density at radius 1 is 1.53 bits per heavy atom. The van der Waals surface area contributed by atoms with Gasteiger partial charge in [-0.3, -0.25) is 14.8 Å². The fourth-order valence-electron chi connectivity index (χ4n) is 3.08. The molecular formula is C14H24N4O. The Balaban J connectivity index is 2.02. The number of amides is 1. The SMILES string of the molecule is Cc1cc(C)n(CC(C)NC2(C(N)=O)CCCC2)n1. The zero-order chi connectivity index (χ0) is 14.0. The minimum atomic E-state index is -0.504. The van der Waals surface area contributed by atoms with Crippen molar-refractivity contribution in [2.75, 3.05) is 0 Å². The molecule has 0 aromatic carbocycles. The molecule has 1 heterocycles. The van der Waals surface area contributed by atoms with Crippen LogP contribution in [0.15, 0.2) is 6.07 Å². The Hall–Kier alpha value is -1.36. The van der Waals surface area contributed by atoms with Crippen molar-refractivity contribution in [2.45, 2.75) is 64.6 Å². The Kier molecular flexibility index (Phi) is 3.94. The standard InChI is InChI=1S/C14H24N4O/c1-10-8-12(3)18(17-10)9-11(2)16-14(13(15)19)6-4-5-7-14/h8,11,16H,4-7,9H2,1-3H3,(H2,15,19). The van der Waals surface area contributed by atoms with Gasteiger partial charge in [-0.2, -0.15) is 5.10 Å². The lowest BCUT2D eigenvalue weighted by Gasteiger charge is -2.30. The van der Waals surface area contributed by atoms with Crippen LogP contribution in [0.2, 0.25) is 0 Å². The molecule has 5 nitrogen and oxygen atoms in total. The van der Waals surface area contributed by atoms with Gasteiger partial charge in [0.15, 0.2) is 0 Å². The third-order valence-electron chi connectivity index (χ3n) is 4.00. The summed E-state index contributed by atoms with van der Waals surface area (Å²) in [6.07, 6.45) is 3.85. The van der Waals surface area contributed by atoms with E-state index in [-0.39, 0.29) is 11.9 Å². The Morgan fingerprint density at radius 3 is 2.63 bits per heavy atom. The molecule has 1 aliphatic rings. The van der Waals surface area contributed by atoms with Gasteiger partial charge >= 0.3 is 0 Å². The fourth-order valence-corrected chi connectivity index (χ4v) is 3.08. The number of nitrogens with zero attached hydrogens (tertiary/aromatic N) is 2. The van der Waals surface area contributed by atoms with Gasteiger partial charge in [-0.25, -0.2) is 0 Å². The lowest BCUT2D eigenvalue weighted by atomic mass is 9.95. The van der Waals surface area contributed by atoms with Crippen molar-refractivity contribution < 1.29 is 4.79 Å². The fraction of sp³-hybridized carbons (Fsp3) is 0.714. The summed E-state index contributed by atoms with van der Waals surface area (Å²) in [7, 11) is 0.